The average molecular weight is 268 g/mol. The van der Waals surface area contributed by atoms with Gasteiger partial charge in [0.05, 0.1) is 5.69 Å². The number of hydrogen-bond acceptors (Lipinski definition) is 5. The van der Waals surface area contributed by atoms with Crippen LogP contribution in [0.15, 0.2) is 0 Å². The zero-order valence-electron chi connectivity index (χ0n) is 11.4. The van der Waals surface area contributed by atoms with Crippen molar-refractivity contribution < 1.29 is 4.79 Å². The van der Waals surface area contributed by atoms with E-state index in [9.17, 15) is 4.79 Å². The Morgan fingerprint density at radius 2 is 2.22 bits per heavy atom. The van der Waals surface area contributed by atoms with E-state index in [2.05, 4.69) is 42.6 Å². The summed E-state index contributed by atoms with van der Waals surface area (Å²) < 4.78 is 3.95. The molecule has 1 N–H and O–H groups in total. The number of carbonyl (C=O) groups excluding carboxylic acids is 1. The third-order valence-electron chi connectivity index (χ3n) is 3.05. The first-order chi connectivity index (χ1) is 8.39. The third-order valence-corrected chi connectivity index (χ3v) is 3.76. The highest BCUT2D eigenvalue weighted by atomic mass is 32.1. The molecule has 5 nitrogen and oxygen atoms in total. The van der Waals surface area contributed by atoms with Crippen LogP contribution in [0.25, 0.3) is 0 Å². The molecule has 6 heteroatoms. The molecule has 1 aliphatic heterocycles. The minimum atomic E-state index is -0.141. The second kappa shape index (κ2) is 4.93. The van der Waals surface area contributed by atoms with Crippen LogP contribution in [-0.4, -0.2) is 46.1 Å². The molecule has 0 spiro atoms. The van der Waals surface area contributed by atoms with Crippen LogP contribution < -0.4 is 5.32 Å². The highest BCUT2D eigenvalue weighted by Gasteiger charge is 2.30. The summed E-state index contributed by atoms with van der Waals surface area (Å²) in [6.07, 6.45) is 0. The molecule has 1 saturated heterocycles. The standard InChI is InChI=1S/C12H20N4OS/c1-8-7-16(6-5-13-8)11(17)9-10(12(2,3)4)14-15-18-9/h8,13H,5-7H2,1-4H3/t8-/m0/s1. The van der Waals surface area contributed by atoms with E-state index < -0.39 is 0 Å². The van der Waals surface area contributed by atoms with Crippen molar-refractivity contribution in [2.24, 2.45) is 0 Å². The van der Waals surface area contributed by atoms with Crippen LogP contribution in [0.4, 0.5) is 0 Å². The van der Waals surface area contributed by atoms with Crippen molar-refractivity contribution in [2.75, 3.05) is 19.6 Å². The summed E-state index contributed by atoms with van der Waals surface area (Å²) >= 11 is 1.21. The molecule has 18 heavy (non-hydrogen) atoms. The average Bonchev–Trinajstić information content (AvgIpc) is 2.76. The Labute approximate surface area is 112 Å². The molecule has 1 fully saturated rings. The summed E-state index contributed by atoms with van der Waals surface area (Å²) in [6, 6.07) is 0.349. The van der Waals surface area contributed by atoms with Gasteiger partial charge in [0.25, 0.3) is 5.91 Å². The molecule has 1 atom stereocenters. The second-order valence-corrected chi connectivity index (χ2v) is 6.56. The van der Waals surface area contributed by atoms with Gasteiger partial charge in [-0.2, -0.15) is 0 Å². The normalized spacial score (nSPS) is 21.1. The number of hydrogen-bond donors (Lipinski definition) is 1. The van der Waals surface area contributed by atoms with E-state index in [0.717, 1.165) is 25.3 Å². The predicted molar refractivity (Wildman–Crippen MR) is 72.0 cm³/mol. The molecule has 0 radical (unpaired) electrons. The summed E-state index contributed by atoms with van der Waals surface area (Å²) in [7, 11) is 0. The lowest BCUT2D eigenvalue weighted by Gasteiger charge is -2.32. The first kappa shape index (κ1) is 13.4. The van der Waals surface area contributed by atoms with Gasteiger partial charge in [-0.1, -0.05) is 25.3 Å². The number of nitrogens with one attached hydrogen (secondary N) is 1. The molecule has 0 bridgehead atoms. The van der Waals surface area contributed by atoms with Crippen LogP contribution in [0.3, 0.4) is 0 Å². The second-order valence-electron chi connectivity index (χ2n) is 5.81. The highest BCUT2D eigenvalue weighted by molar-refractivity contribution is 7.08. The third kappa shape index (κ3) is 2.70. The van der Waals surface area contributed by atoms with Gasteiger partial charge in [0.15, 0.2) is 0 Å². The maximum atomic E-state index is 12.5. The zero-order chi connectivity index (χ0) is 13.3. The smallest absolute Gasteiger partial charge is 0.267 e. The van der Waals surface area contributed by atoms with Crippen molar-refractivity contribution in [3.63, 3.8) is 0 Å². The Balaban J connectivity index is 2.21. The number of carbonyl (C=O) groups is 1. The van der Waals surface area contributed by atoms with E-state index in [1.165, 1.54) is 11.5 Å². The zero-order valence-corrected chi connectivity index (χ0v) is 12.2. The van der Waals surface area contributed by atoms with Crippen LogP contribution in [0.2, 0.25) is 0 Å². The summed E-state index contributed by atoms with van der Waals surface area (Å²) in [6.45, 7) is 10.6. The fourth-order valence-corrected chi connectivity index (χ4v) is 2.93. The lowest BCUT2D eigenvalue weighted by Crippen LogP contribution is -2.51. The van der Waals surface area contributed by atoms with Crippen molar-refractivity contribution in [3.8, 4) is 0 Å². The van der Waals surface area contributed by atoms with E-state index in [4.69, 9.17) is 0 Å². The van der Waals surface area contributed by atoms with E-state index in [1.807, 2.05) is 4.90 Å². The minimum Gasteiger partial charge on any atom is -0.335 e. The topological polar surface area (TPSA) is 58.1 Å². The van der Waals surface area contributed by atoms with Crippen LogP contribution >= 0.6 is 11.5 Å². The minimum absolute atomic E-state index is 0.0725. The Hall–Kier alpha value is -1.01. The molecular formula is C12H20N4OS. The quantitative estimate of drug-likeness (QED) is 0.833. The molecule has 100 valence electrons. The molecule has 1 aromatic heterocycles. The first-order valence-corrected chi connectivity index (χ1v) is 7.02. The van der Waals surface area contributed by atoms with Crippen LogP contribution in [0.5, 0.6) is 0 Å². The van der Waals surface area contributed by atoms with E-state index in [1.54, 1.807) is 0 Å². The Morgan fingerprint density at radius 3 is 2.83 bits per heavy atom. The summed E-state index contributed by atoms with van der Waals surface area (Å²) in [5.41, 5.74) is 0.668. The van der Waals surface area contributed by atoms with Crippen LogP contribution in [-0.2, 0) is 5.41 Å². The molecule has 0 aliphatic carbocycles. The van der Waals surface area contributed by atoms with E-state index >= 15 is 0 Å². The number of nitrogens with zero attached hydrogens (tertiary/aromatic N) is 3. The molecule has 2 rings (SSSR count). The van der Waals surface area contributed by atoms with Gasteiger partial charge in [-0.05, 0) is 18.5 Å². The van der Waals surface area contributed by atoms with Gasteiger partial charge in [-0.3, -0.25) is 4.79 Å². The number of piperazine rings is 1. The highest BCUT2D eigenvalue weighted by Crippen LogP contribution is 2.27. The van der Waals surface area contributed by atoms with Crippen molar-refractivity contribution in [3.05, 3.63) is 10.6 Å². The van der Waals surface area contributed by atoms with Gasteiger partial charge >= 0.3 is 0 Å². The Bertz CT molecular complexity index is 438. The van der Waals surface area contributed by atoms with Crippen molar-refractivity contribution in [2.45, 2.75) is 39.2 Å². The predicted octanol–water partition coefficient (Wildman–Crippen LogP) is 1.27. The first-order valence-electron chi connectivity index (χ1n) is 6.25. The number of rotatable bonds is 1. The summed E-state index contributed by atoms with van der Waals surface area (Å²) in [5, 5.41) is 7.46. The molecule has 0 unspecified atom stereocenters. The van der Waals surface area contributed by atoms with Crippen molar-refractivity contribution >= 4 is 17.4 Å². The Morgan fingerprint density at radius 1 is 1.50 bits per heavy atom. The van der Waals surface area contributed by atoms with E-state index in [0.29, 0.717) is 10.9 Å². The van der Waals surface area contributed by atoms with Gasteiger partial charge in [0.1, 0.15) is 4.88 Å². The molecule has 0 aromatic carbocycles. The van der Waals surface area contributed by atoms with Crippen LogP contribution in [0.1, 0.15) is 43.1 Å². The number of amides is 1. The van der Waals surface area contributed by atoms with Gasteiger partial charge in [0, 0.05) is 31.1 Å². The fourth-order valence-electron chi connectivity index (χ4n) is 2.08. The van der Waals surface area contributed by atoms with Crippen molar-refractivity contribution in [1.29, 1.82) is 0 Å². The lowest BCUT2D eigenvalue weighted by atomic mass is 9.91. The largest absolute Gasteiger partial charge is 0.335 e. The molecule has 1 amide bonds. The maximum Gasteiger partial charge on any atom is 0.267 e. The van der Waals surface area contributed by atoms with E-state index in [-0.39, 0.29) is 11.3 Å². The number of aromatic nitrogens is 2. The van der Waals surface area contributed by atoms with Gasteiger partial charge in [-0.25, -0.2) is 0 Å². The monoisotopic (exact) mass is 268 g/mol. The summed E-state index contributed by atoms with van der Waals surface area (Å²) in [5.74, 6) is 0.0725. The fraction of sp³-hybridized carbons (Fsp3) is 0.750. The summed E-state index contributed by atoms with van der Waals surface area (Å²) in [4.78, 5) is 15.1. The lowest BCUT2D eigenvalue weighted by molar-refractivity contribution is 0.0711. The van der Waals surface area contributed by atoms with Crippen molar-refractivity contribution in [1.82, 2.24) is 19.8 Å². The molecule has 2 heterocycles. The van der Waals surface area contributed by atoms with Gasteiger partial charge in [-0.15, -0.1) is 5.10 Å². The molecule has 1 aromatic rings. The Kier molecular flexibility index (Phi) is 3.68. The van der Waals surface area contributed by atoms with Crippen LogP contribution in [0, 0.1) is 0 Å². The maximum absolute atomic E-state index is 12.5. The van der Waals surface area contributed by atoms with Gasteiger partial charge < -0.3 is 10.2 Å². The van der Waals surface area contributed by atoms with Gasteiger partial charge in [0.2, 0.25) is 0 Å². The SMILES string of the molecule is C[C@H]1CN(C(=O)c2snnc2C(C)(C)C)CCN1. The molecular weight excluding hydrogens is 248 g/mol. The molecule has 0 saturated carbocycles. The molecule has 1 aliphatic rings.